The lowest BCUT2D eigenvalue weighted by Gasteiger charge is -2.28. The SMILES string of the molecule is O[C@@H]1C[C@@H]2C[C@@H]1[C@@H]1CCC[C@H]21. The average molecular weight is 152 g/mol. The molecule has 1 nitrogen and oxygen atoms in total. The minimum atomic E-state index is 0.0827. The summed E-state index contributed by atoms with van der Waals surface area (Å²) in [6.45, 7) is 0. The number of rotatable bonds is 0. The van der Waals surface area contributed by atoms with Gasteiger partial charge in [0, 0.05) is 0 Å². The second-order valence-electron chi connectivity index (χ2n) is 4.72. The smallest absolute Gasteiger partial charge is 0.0574 e. The quantitative estimate of drug-likeness (QED) is 0.561. The summed E-state index contributed by atoms with van der Waals surface area (Å²) in [4.78, 5) is 0. The lowest BCUT2D eigenvalue weighted by Crippen LogP contribution is -2.27. The van der Waals surface area contributed by atoms with Gasteiger partial charge in [-0.2, -0.15) is 0 Å². The van der Waals surface area contributed by atoms with Gasteiger partial charge in [0.25, 0.3) is 0 Å². The third-order valence-corrected chi connectivity index (χ3v) is 4.39. The highest BCUT2D eigenvalue weighted by molar-refractivity contribution is 5.02. The molecule has 0 aromatic rings. The van der Waals surface area contributed by atoms with Gasteiger partial charge in [-0.3, -0.25) is 0 Å². The Kier molecular flexibility index (Phi) is 1.18. The van der Waals surface area contributed by atoms with Crippen LogP contribution >= 0.6 is 0 Å². The number of hydrogen-bond acceptors (Lipinski definition) is 1. The predicted molar refractivity (Wildman–Crippen MR) is 43.1 cm³/mol. The number of aliphatic hydroxyl groups is 1. The standard InChI is InChI=1S/C10H16O/c11-10-5-6-4-9(10)8-3-1-2-7(6)8/h6-11H,1-5H2/t6-,7+,8+,9+,10+/m0/s1. The van der Waals surface area contributed by atoms with Crippen LogP contribution in [-0.2, 0) is 0 Å². The van der Waals surface area contributed by atoms with E-state index >= 15 is 0 Å². The van der Waals surface area contributed by atoms with Crippen molar-refractivity contribution in [2.24, 2.45) is 23.7 Å². The van der Waals surface area contributed by atoms with Crippen molar-refractivity contribution in [2.45, 2.75) is 38.2 Å². The molecule has 11 heavy (non-hydrogen) atoms. The van der Waals surface area contributed by atoms with Crippen LogP contribution in [0.25, 0.3) is 0 Å². The number of hydrogen-bond donors (Lipinski definition) is 1. The average Bonchev–Trinajstić information content (AvgIpc) is 2.52. The second-order valence-corrected chi connectivity index (χ2v) is 4.72. The molecule has 0 saturated heterocycles. The number of fused-ring (bicyclic) bond motifs is 5. The first-order chi connectivity index (χ1) is 5.36. The van der Waals surface area contributed by atoms with Crippen molar-refractivity contribution in [2.75, 3.05) is 0 Å². The Morgan fingerprint density at radius 1 is 0.909 bits per heavy atom. The fourth-order valence-corrected chi connectivity index (χ4v) is 4.03. The molecule has 0 aromatic carbocycles. The third-order valence-electron chi connectivity index (χ3n) is 4.39. The van der Waals surface area contributed by atoms with E-state index in [0.717, 1.165) is 24.2 Å². The molecule has 0 radical (unpaired) electrons. The molecule has 5 atom stereocenters. The van der Waals surface area contributed by atoms with Crippen molar-refractivity contribution in [3.8, 4) is 0 Å². The fourth-order valence-electron chi connectivity index (χ4n) is 4.03. The summed E-state index contributed by atoms with van der Waals surface area (Å²) < 4.78 is 0. The molecule has 3 saturated carbocycles. The molecule has 0 amide bonds. The van der Waals surface area contributed by atoms with Crippen LogP contribution in [0.5, 0.6) is 0 Å². The summed E-state index contributed by atoms with van der Waals surface area (Å²) in [5, 5.41) is 9.67. The van der Waals surface area contributed by atoms with Crippen LogP contribution in [0.3, 0.4) is 0 Å². The molecular formula is C10H16O. The Morgan fingerprint density at radius 3 is 2.64 bits per heavy atom. The molecule has 0 heterocycles. The number of aliphatic hydroxyl groups excluding tert-OH is 1. The summed E-state index contributed by atoms with van der Waals surface area (Å²) in [5.74, 6) is 3.60. The lowest BCUT2D eigenvalue weighted by molar-refractivity contribution is 0.0642. The molecule has 0 spiro atoms. The van der Waals surface area contributed by atoms with Gasteiger partial charge in [-0.1, -0.05) is 6.42 Å². The van der Waals surface area contributed by atoms with E-state index in [1.807, 2.05) is 0 Å². The molecule has 3 aliphatic rings. The van der Waals surface area contributed by atoms with Crippen LogP contribution in [0.1, 0.15) is 32.1 Å². The van der Waals surface area contributed by atoms with E-state index in [1.165, 1.54) is 25.7 Å². The highest BCUT2D eigenvalue weighted by atomic mass is 16.3. The molecule has 2 bridgehead atoms. The maximum Gasteiger partial charge on any atom is 0.0574 e. The topological polar surface area (TPSA) is 20.2 Å². The normalized spacial score (nSPS) is 60.3. The van der Waals surface area contributed by atoms with Gasteiger partial charge in [0.05, 0.1) is 6.10 Å². The maximum absolute atomic E-state index is 9.67. The monoisotopic (exact) mass is 152 g/mol. The van der Waals surface area contributed by atoms with Crippen LogP contribution in [0, 0.1) is 23.7 Å². The molecule has 3 aliphatic carbocycles. The fraction of sp³-hybridized carbons (Fsp3) is 1.00. The van der Waals surface area contributed by atoms with E-state index in [2.05, 4.69) is 0 Å². The molecule has 62 valence electrons. The van der Waals surface area contributed by atoms with Gasteiger partial charge in [-0.15, -0.1) is 0 Å². The van der Waals surface area contributed by atoms with E-state index in [0.29, 0.717) is 5.92 Å². The van der Waals surface area contributed by atoms with E-state index in [-0.39, 0.29) is 6.10 Å². The summed E-state index contributed by atoms with van der Waals surface area (Å²) in [5.41, 5.74) is 0. The molecule has 1 N–H and O–H groups in total. The first-order valence-corrected chi connectivity index (χ1v) is 5.04. The Hall–Kier alpha value is -0.0400. The molecule has 0 aromatic heterocycles. The van der Waals surface area contributed by atoms with Gasteiger partial charge >= 0.3 is 0 Å². The minimum absolute atomic E-state index is 0.0827. The first kappa shape index (κ1) is 6.47. The van der Waals surface area contributed by atoms with Gasteiger partial charge in [-0.05, 0) is 49.4 Å². The zero-order valence-corrected chi connectivity index (χ0v) is 6.87. The van der Waals surface area contributed by atoms with Gasteiger partial charge in [0.2, 0.25) is 0 Å². The van der Waals surface area contributed by atoms with E-state index in [9.17, 15) is 5.11 Å². The Bertz CT molecular complexity index is 178. The van der Waals surface area contributed by atoms with Crippen molar-refractivity contribution in [3.63, 3.8) is 0 Å². The van der Waals surface area contributed by atoms with Crippen molar-refractivity contribution >= 4 is 0 Å². The van der Waals surface area contributed by atoms with Gasteiger partial charge in [-0.25, -0.2) is 0 Å². The Labute approximate surface area is 67.8 Å². The minimum Gasteiger partial charge on any atom is -0.393 e. The summed E-state index contributed by atoms with van der Waals surface area (Å²) in [6.07, 6.45) is 6.90. The van der Waals surface area contributed by atoms with Crippen LogP contribution in [0.4, 0.5) is 0 Å². The van der Waals surface area contributed by atoms with Crippen LogP contribution in [0.15, 0.2) is 0 Å². The van der Waals surface area contributed by atoms with Crippen LogP contribution < -0.4 is 0 Å². The van der Waals surface area contributed by atoms with Gasteiger partial charge in [0.15, 0.2) is 0 Å². The Morgan fingerprint density at radius 2 is 1.73 bits per heavy atom. The molecule has 0 aliphatic heterocycles. The molecule has 3 rings (SSSR count). The molecule has 3 fully saturated rings. The van der Waals surface area contributed by atoms with Gasteiger partial charge in [0.1, 0.15) is 0 Å². The lowest BCUT2D eigenvalue weighted by atomic mass is 9.80. The van der Waals surface area contributed by atoms with Crippen molar-refractivity contribution in [1.82, 2.24) is 0 Å². The van der Waals surface area contributed by atoms with Crippen molar-refractivity contribution < 1.29 is 5.11 Å². The zero-order valence-electron chi connectivity index (χ0n) is 6.87. The Balaban J connectivity index is 1.90. The van der Waals surface area contributed by atoms with Crippen LogP contribution in [-0.4, -0.2) is 11.2 Å². The third kappa shape index (κ3) is 0.703. The van der Waals surface area contributed by atoms with E-state index < -0.39 is 0 Å². The van der Waals surface area contributed by atoms with E-state index in [1.54, 1.807) is 0 Å². The first-order valence-electron chi connectivity index (χ1n) is 5.04. The zero-order chi connectivity index (χ0) is 7.42. The largest absolute Gasteiger partial charge is 0.393 e. The predicted octanol–water partition coefficient (Wildman–Crippen LogP) is 1.80. The highest BCUT2D eigenvalue weighted by Gasteiger charge is 2.53. The maximum atomic E-state index is 9.67. The van der Waals surface area contributed by atoms with Gasteiger partial charge < -0.3 is 5.11 Å². The highest BCUT2D eigenvalue weighted by Crippen LogP contribution is 2.58. The van der Waals surface area contributed by atoms with E-state index in [4.69, 9.17) is 0 Å². The molecular weight excluding hydrogens is 136 g/mol. The van der Waals surface area contributed by atoms with Crippen molar-refractivity contribution in [3.05, 3.63) is 0 Å². The molecule has 1 heteroatoms. The summed E-state index contributed by atoms with van der Waals surface area (Å²) >= 11 is 0. The van der Waals surface area contributed by atoms with Crippen LogP contribution in [0.2, 0.25) is 0 Å². The second kappa shape index (κ2) is 2.01. The summed E-state index contributed by atoms with van der Waals surface area (Å²) in [6, 6.07) is 0. The van der Waals surface area contributed by atoms with Crippen molar-refractivity contribution in [1.29, 1.82) is 0 Å². The molecule has 0 unspecified atom stereocenters. The summed E-state index contributed by atoms with van der Waals surface area (Å²) in [7, 11) is 0.